The third-order valence-electron chi connectivity index (χ3n) is 6.07. The second kappa shape index (κ2) is 10.0. The number of anilines is 1. The number of nitrogens with one attached hydrogen (secondary N) is 1. The highest BCUT2D eigenvalue weighted by Crippen LogP contribution is 2.38. The number of methoxy groups -OCH3 is 1. The molecule has 5 rings (SSSR count). The highest BCUT2D eigenvalue weighted by molar-refractivity contribution is 6.07. The fourth-order valence-electron chi connectivity index (χ4n) is 4.25. The third-order valence-corrected chi connectivity index (χ3v) is 6.07. The molecule has 3 aromatic heterocycles. The molecule has 36 heavy (non-hydrogen) atoms. The molecule has 0 atom stereocenters. The van der Waals surface area contributed by atoms with Crippen molar-refractivity contribution in [2.45, 2.75) is 19.8 Å². The molecule has 0 saturated carbocycles. The largest absolute Gasteiger partial charge is 0.481 e. The molecule has 1 aromatic carbocycles. The van der Waals surface area contributed by atoms with Gasteiger partial charge in [0.25, 0.3) is 11.8 Å². The van der Waals surface area contributed by atoms with Crippen molar-refractivity contribution in [3.05, 3.63) is 83.9 Å². The number of ether oxygens (including phenoxy) is 1. The lowest BCUT2D eigenvalue weighted by molar-refractivity contribution is 0.0925. The van der Waals surface area contributed by atoms with Gasteiger partial charge in [0.15, 0.2) is 5.76 Å². The molecule has 182 valence electrons. The average molecular weight is 483 g/mol. The van der Waals surface area contributed by atoms with Crippen LogP contribution >= 0.6 is 0 Å². The first-order chi connectivity index (χ1) is 17.6. The van der Waals surface area contributed by atoms with Gasteiger partial charge < -0.3 is 19.4 Å². The van der Waals surface area contributed by atoms with Crippen molar-refractivity contribution in [2.24, 2.45) is 0 Å². The number of benzene rings is 1. The van der Waals surface area contributed by atoms with E-state index in [2.05, 4.69) is 15.3 Å². The van der Waals surface area contributed by atoms with Gasteiger partial charge >= 0.3 is 0 Å². The smallest absolute Gasteiger partial charge is 0.287 e. The summed E-state index contributed by atoms with van der Waals surface area (Å²) in [6.07, 6.45) is 3.06. The fourth-order valence-corrected chi connectivity index (χ4v) is 4.25. The summed E-state index contributed by atoms with van der Waals surface area (Å²) in [5.74, 6) is 0.968. The van der Waals surface area contributed by atoms with Crippen LogP contribution < -0.4 is 15.0 Å². The van der Waals surface area contributed by atoms with E-state index in [1.54, 1.807) is 36.4 Å². The molecular formula is C28H26N4O4. The SMILES string of the molecule is CCCNC(=O)c1cc2c(o1)-c1ccccc1N(C(=O)c1cccc(-c3ccc(OC)nc3)n1)CC2. The first-order valence-corrected chi connectivity index (χ1v) is 11.9. The predicted octanol–water partition coefficient (Wildman–Crippen LogP) is 4.75. The fraction of sp³-hybridized carbons (Fsp3) is 0.214. The standard InChI is InChI=1S/C28H26N4O4/c1-3-14-29-27(33)24-16-18-13-15-32(23-10-5-4-7-20(23)26(18)36-24)28(34)22-9-6-8-21(31-22)19-11-12-25(35-2)30-17-19/h4-12,16-17H,3,13-15H2,1-2H3,(H,29,33). The Kier molecular flexibility index (Phi) is 6.49. The van der Waals surface area contributed by atoms with Crippen molar-refractivity contribution >= 4 is 17.5 Å². The van der Waals surface area contributed by atoms with E-state index in [9.17, 15) is 9.59 Å². The molecule has 0 fully saturated rings. The van der Waals surface area contributed by atoms with E-state index in [-0.39, 0.29) is 17.6 Å². The van der Waals surface area contributed by atoms with Crippen LogP contribution in [0.2, 0.25) is 0 Å². The average Bonchev–Trinajstić information content (AvgIpc) is 3.30. The quantitative estimate of drug-likeness (QED) is 0.426. The Morgan fingerprint density at radius 3 is 2.75 bits per heavy atom. The molecule has 2 amide bonds. The Bertz CT molecular complexity index is 1410. The molecule has 0 spiro atoms. The minimum atomic E-state index is -0.232. The Balaban J connectivity index is 1.47. The molecule has 1 aliphatic heterocycles. The summed E-state index contributed by atoms with van der Waals surface area (Å²) in [7, 11) is 1.56. The third kappa shape index (κ3) is 4.45. The molecule has 0 aliphatic carbocycles. The first kappa shape index (κ1) is 23.3. The van der Waals surface area contributed by atoms with Crippen LogP contribution in [0.5, 0.6) is 5.88 Å². The minimum absolute atomic E-state index is 0.211. The number of para-hydroxylation sites is 1. The van der Waals surface area contributed by atoms with Crippen molar-refractivity contribution in [1.29, 1.82) is 0 Å². The number of fused-ring (bicyclic) bond motifs is 3. The summed E-state index contributed by atoms with van der Waals surface area (Å²) in [5, 5.41) is 2.85. The molecule has 4 aromatic rings. The van der Waals surface area contributed by atoms with Crippen LogP contribution in [-0.2, 0) is 6.42 Å². The van der Waals surface area contributed by atoms with Gasteiger partial charge in [0.2, 0.25) is 5.88 Å². The highest BCUT2D eigenvalue weighted by atomic mass is 16.5. The molecule has 0 radical (unpaired) electrons. The lowest BCUT2D eigenvalue weighted by Crippen LogP contribution is -2.33. The van der Waals surface area contributed by atoms with E-state index < -0.39 is 0 Å². The molecule has 0 saturated heterocycles. The molecule has 8 nitrogen and oxygen atoms in total. The molecular weight excluding hydrogens is 456 g/mol. The van der Waals surface area contributed by atoms with E-state index in [0.29, 0.717) is 42.5 Å². The zero-order valence-electron chi connectivity index (χ0n) is 20.2. The number of furan rings is 1. The van der Waals surface area contributed by atoms with Gasteiger partial charge in [0.1, 0.15) is 11.5 Å². The maximum Gasteiger partial charge on any atom is 0.287 e. The van der Waals surface area contributed by atoms with Crippen LogP contribution in [0, 0.1) is 0 Å². The zero-order chi connectivity index (χ0) is 25.1. The lowest BCUT2D eigenvalue weighted by atomic mass is 10.1. The second-order valence-corrected chi connectivity index (χ2v) is 8.44. The number of aromatic nitrogens is 2. The Morgan fingerprint density at radius 2 is 1.97 bits per heavy atom. The van der Waals surface area contributed by atoms with Gasteiger partial charge in [-0.1, -0.05) is 25.1 Å². The number of rotatable bonds is 6. The maximum absolute atomic E-state index is 13.7. The Hall–Kier alpha value is -4.46. The monoisotopic (exact) mass is 482 g/mol. The van der Waals surface area contributed by atoms with Crippen molar-refractivity contribution in [3.8, 4) is 28.5 Å². The molecule has 4 heterocycles. The van der Waals surface area contributed by atoms with Crippen LogP contribution in [0.15, 0.2) is 71.3 Å². The summed E-state index contributed by atoms with van der Waals surface area (Å²) in [6.45, 7) is 3.01. The second-order valence-electron chi connectivity index (χ2n) is 8.44. The van der Waals surface area contributed by atoms with Gasteiger partial charge in [-0.2, -0.15) is 0 Å². The highest BCUT2D eigenvalue weighted by Gasteiger charge is 2.29. The van der Waals surface area contributed by atoms with Crippen LogP contribution in [0.25, 0.3) is 22.6 Å². The molecule has 0 unspecified atom stereocenters. The molecule has 1 aliphatic rings. The molecule has 0 bridgehead atoms. The van der Waals surface area contributed by atoms with E-state index in [0.717, 1.165) is 28.8 Å². The van der Waals surface area contributed by atoms with Crippen molar-refractivity contribution < 1.29 is 18.7 Å². The number of pyridine rings is 2. The van der Waals surface area contributed by atoms with Gasteiger partial charge in [-0.25, -0.2) is 9.97 Å². The molecule has 1 N–H and O–H groups in total. The predicted molar refractivity (Wildman–Crippen MR) is 136 cm³/mol. The number of nitrogens with zero attached hydrogens (tertiary/aromatic N) is 3. The summed E-state index contributed by atoms with van der Waals surface area (Å²) >= 11 is 0. The van der Waals surface area contributed by atoms with Crippen molar-refractivity contribution in [1.82, 2.24) is 15.3 Å². The number of amides is 2. The Morgan fingerprint density at radius 1 is 1.11 bits per heavy atom. The van der Waals surface area contributed by atoms with E-state index >= 15 is 0 Å². The number of hydrogen-bond donors (Lipinski definition) is 1. The van der Waals surface area contributed by atoms with Crippen LogP contribution in [0.4, 0.5) is 5.69 Å². The van der Waals surface area contributed by atoms with Gasteiger partial charge in [-0.05, 0) is 49.2 Å². The topological polar surface area (TPSA) is 97.6 Å². The van der Waals surface area contributed by atoms with Gasteiger partial charge in [-0.15, -0.1) is 0 Å². The zero-order valence-corrected chi connectivity index (χ0v) is 20.2. The van der Waals surface area contributed by atoms with E-state index in [4.69, 9.17) is 9.15 Å². The van der Waals surface area contributed by atoms with Crippen molar-refractivity contribution in [2.75, 3.05) is 25.1 Å². The molecule has 8 heteroatoms. The van der Waals surface area contributed by atoms with Gasteiger partial charge in [-0.3, -0.25) is 9.59 Å². The summed E-state index contributed by atoms with van der Waals surface area (Å²) in [5.41, 5.74) is 4.14. The van der Waals surface area contributed by atoms with E-state index in [1.807, 2.05) is 49.4 Å². The maximum atomic E-state index is 13.7. The Labute approximate surface area is 208 Å². The number of hydrogen-bond acceptors (Lipinski definition) is 6. The summed E-state index contributed by atoms with van der Waals surface area (Å²) in [4.78, 5) is 36.8. The van der Waals surface area contributed by atoms with Gasteiger partial charge in [0.05, 0.1) is 18.5 Å². The van der Waals surface area contributed by atoms with Crippen LogP contribution in [-0.4, -0.2) is 42.0 Å². The van der Waals surface area contributed by atoms with Crippen LogP contribution in [0.3, 0.4) is 0 Å². The van der Waals surface area contributed by atoms with Crippen LogP contribution in [0.1, 0.15) is 40.0 Å². The lowest BCUT2D eigenvalue weighted by Gasteiger charge is -2.22. The first-order valence-electron chi connectivity index (χ1n) is 11.9. The number of carbonyl (C=O) groups is 2. The van der Waals surface area contributed by atoms with E-state index in [1.165, 1.54) is 0 Å². The normalized spacial score (nSPS) is 12.3. The number of carbonyl (C=O) groups excluding carboxylic acids is 2. The minimum Gasteiger partial charge on any atom is -0.481 e. The summed E-state index contributed by atoms with van der Waals surface area (Å²) < 4.78 is 11.1. The van der Waals surface area contributed by atoms with Gasteiger partial charge in [0, 0.05) is 42.0 Å². The van der Waals surface area contributed by atoms with Crippen molar-refractivity contribution in [3.63, 3.8) is 0 Å². The summed E-state index contributed by atoms with van der Waals surface area (Å²) in [6, 6.07) is 18.3.